The maximum Gasteiger partial charge on any atom is 0.0146 e. The van der Waals surface area contributed by atoms with Crippen molar-refractivity contribution in [1.82, 2.24) is 10.2 Å². The van der Waals surface area contributed by atoms with Gasteiger partial charge in [-0.3, -0.25) is 4.90 Å². The fourth-order valence-corrected chi connectivity index (χ4v) is 4.68. The summed E-state index contributed by atoms with van der Waals surface area (Å²) in [6, 6.07) is 3.32. The summed E-state index contributed by atoms with van der Waals surface area (Å²) in [5.41, 5.74) is 0.540. The fourth-order valence-electron chi connectivity index (χ4n) is 4.68. The van der Waals surface area contributed by atoms with E-state index in [0.29, 0.717) is 5.41 Å². The van der Waals surface area contributed by atoms with Crippen LogP contribution >= 0.6 is 0 Å². The van der Waals surface area contributed by atoms with Gasteiger partial charge >= 0.3 is 0 Å². The van der Waals surface area contributed by atoms with E-state index in [1.807, 2.05) is 0 Å². The van der Waals surface area contributed by atoms with Gasteiger partial charge in [-0.15, -0.1) is 0 Å². The zero-order valence-corrected chi connectivity index (χ0v) is 11.7. The molecule has 1 aliphatic carbocycles. The Morgan fingerprint density at radius 1 is 1.06 bits per heavy atom. The van der Waals surface area contributed by atoms with E-state index >= 15 is 0 Å². The maximum atomic E-state index is 3.76. The van der Waals surface area contributed by atoms with E-state index < -0.39 is 0 Å². The molecule has 2 heterocycles. The molecular weight excluding hydrogens is 208 g/mol. The smallest absolute Gasteiger partial charge is 0.0146 e. The molecule has 0 aromatic carbocycles. The molecule has 0 aromatic heterocycles. The molecule has 3 unspecified atom stereocenters. The van der Waals surface area contributed by atoms with Crippen LogP contribution in [0.5, 0.6) is 0 Å². The van der Waals surface area contributed by atoms with E-state index in [9.17, 15) is 0 Å². The van der Waals surface area contributed by atoms with Gasteiger partial charge < -0.3 is 5.32 Å². The lowest BCUT2D eigenvalue weighted by Crippen LogP contribution is -2.52. The first-order valence-corrected chi connectivity index (χ1v) is 7.54. The van der Waals surface area contributed by atoms with Gasteiger partial charge in [0, 0.05) is 24.2 Å². The number of nitrogens with one attached hydrogen (secondary N) is 1. The van der Waals surface area contributed by atoms with Crippen molar-refractivity contribution in [2.24, 2.45) is 5.41 Å². The molecule has 0 amide bonds. The van der Waals surface area contributed by atoms with Crippen LogP contribution in [0.2, 0.25) is 0 Å². The quantitative estimate of drug-likeness (QED) is 0.793. The van der Waals surface area contributed by atoms with Crippen molar-refractivity contribution in [3.63, 3.8) is 0 Å². The zero-order chi connectivity index (χ0) is 12.0. The SMILES string of the molecule is CN(C1CC2CCC(C1)N2)C1CCCC1(C)C. The minimum atomic E-state index is 0.540. The molecule has 0 radical (unpaired) electrons. The lowest BCUT2D eigenvalue weighted by atomic mass is 9.84. The zero-order valence-electron chi connectivity index (χ0n) is 11.7. The van der Waals surface area contributed by atoms with E-state index in [1.54, 1.807) is 0 Å². The summed E-state index contributed by atoms with van der Waals surface area (Å²) in [6.45, 7) is 4.94. The summed E-state index contributed by atoms with van der Waals surface area (Å²) in [5, 5.41) is 3.76. The molecule has 2 bridgehead atoms. The summed E-state index contributed by atoms with van der Waals surface area (Å²) >= 11 is 0. The normalized spacial score (nSPS) is 44.5. The highest BCUT2D eigenvalue weighted by Crippen LogP contribution is 2.42. The van der Waals surface area contributed by atoms with Gasteiger partial charge in [0.05, 0.1) is 0 Å². The average Bonchev–Trinajstić information content (AvgIpc) is 2.80. The van der Waals surface area contributed by atoms with Crippen LogP contribution in [-0.2, 0) is 0 Å². The average molecular weight is 236 g/mol. The molecule has 2 aliphatic heterocycles. The molecule has 3 atom stereocenters. The van der Waals surface area contributed by atoms with Gasteiger partial charge in [0.1, 0.15) is 0 Å². The highest BCUT2D eigenvalue weighted by atomic mass is 15.2. The monoisotopic (exact) mass is 236 g/mol. The molecule has 98 valence electrons. The predicted octanol–water partition coefficient (Wildman–Crippen LogP) is 2.78. The van der Waals surface area contributed by atoms with E-state index in [2.05, 4.69) is 31.1 Å². The number of nitrogens with zero attached hydrogens (tertiary/aromatic N) is 1. The molecule has 3 aliphatic rings. The molecule has 1 N–H and O–H groups in total. The Balaban J connectivity index is 1.68. The van der Waals surface area contributed by atoms with Crippen molar-refractivity contribution >= 4 is 0 Å². The summed E-state index contributed by atoms with van der Waals surface area (Å²) in [6.07, 6.45) is 9.88. The lowest BCUT2D eigenvalue weighted by Gasteiger charge is -2.43. The highest BCUT2D eigenvalue weighted by Gasteiger charge is 2.42. The molecule has 2 nitrogen and oxygen atoms in total. The summed E-state index contributed by atoms with van der Waals surface area (Å²) in [4.78, 5) is 2.75. The number of rotatable bonds is 2. The first kappa shape index (κ1) is 12.0. The second-order valence-electron chi connectivity index (χ2n) is 7.33. The molecule has 0 spiro atoms. The van der Waals surface area contributed by atoms with Gasteiger partial charge in [-0.1, -0.05) is 20.3 Å². The second kappa shape index (κ2) is 4.24. The first-order chi connectivity index (χ1) is 8.06. The van der Waals surface area contributed by atoms with Crippen LogP contribution < -0.4 is 5.32 Å². The summed E-state index contributed by atoms with van der Waals surface area (Å²) in [7, 11) is 2.40. The fraction of sp³-hybridized carbons (Fsp3) is 1.00. The van der Waals surface area contributed by atoms with Crippen LogP contribution in [0.25, 0.3) is 0 Å². The van der Waals surface area contributed by atoms with Gasteiger partial charge in [0.15, 0.2) is 0 Å². The standard InChI is InChI=1S/C15H28N2/c1-15(2)8-4-5-14(15)17(3)13-9-11-6-7-12(10-13)16-11/h11-14,16H,4-10H2,1-3H3. The van der Waals surface area contributed by atoms with E-state index in [4.69, 9.17) is 0 Å². The van der Waals surface area contributed by atoms with Crippen LogP contribution in [0, 0.1) is 5.41 Å². The predicted molar refractivity (Wildman–Crippen MR) is 72.2 cm³/mol. The van der Waals surface area contributed by atoms with Gasteiger partial charge in [0.2, 0.25) is 0 Å². The van der Waals surface area contributed by atoms with Crippen LogP contribution in [0.3, 0.4) is 0 Å². The van der Waals surface area contributed by atoms with E-state index in [-0.39, 0.29) is 0 Å². The van der Waals surface area contributed by atoms with Gasteiger partial charge in [0.25, 0.3) is 0 Å². The van der Waals surface area contributed by atoms with Gasteiger partial charge in [-0.2, -0.15) is 0 Å². The van der Waals surface area contributed by atoms with Crippen LogP contribution in [0.4, 0.5) is 0 Å². The molecular formula is C15H28N2. The molecule has 3 fully saturated rings. The molecule has 2 saturated heterocycles. The number of piperidine rings is 1. The van der Waals surface area contributed by atoms with Crippen molar-refractivity contribution in [2.75, 3.05) is 7.05 Å². The van der Waals surface area contributed by atoms with Crippen molar-refractivity contribution in [3.8, 4) is 0 Å². The van der Waals surface area contributed by atoms with Gasteiger partial charge in [-0.25, -0.2) is 0 Å². The van der Waals surface area contributed by atoms with Crippen LogP contribution in [-0.4, -0.2) is 36.1 Å². The Hall–Kier alpha value is -0.0800. The highest BCUT2D eigenvalue weighted by molar-refractivity contribution is 4.99. The van der Waals surface area contributed by atoms with Crippen LogP contribution in [0.1, 0.15) is 58.8 Å². The van der Waals surface area contributed by atoms with Crippen LogP contribution in [0.15, 0.2) is 0 Å². The topological polar surface area (TPSA) is 15.3 Å². The molecule has 17 heavy (non-hydrogen) atoms. The minimum Gasteiger partial charge on any atom is -0.311 e. The summed E-state index contributed by atoms with van der Waals surface area (Å²) < 4.78 is 0. The largest absolute Gasteiger partial charge is 0.311 e. The second-order valence-corrected chi connectivity index (χ2v) is 7.33. The third-order valence-corrected chi connectivity index (χ3v) is 5.72. The Morgan fingerprint density at radius 3 is 2.24 bits per heavy atom. The van der Waals surface area contributed by atoms with E-state index in [1.165, 1.54) is 44.9 Å². The minimum absolute atomic E-state index is 0.540. The molecule has 2 heteroatoms. The Morgan fingerprint density at radius 2 is 1.71 bits per heavy atom. The Kier molecular flexibility index (Phi) is 2.99. The number of hydrogen-bond acceptors (Lipinski definition) is 2. The number of hydrogen-bond donors (Lipinski definition) is 1. The Bertz CT molecular complexity index is 275. The molecule has 3 rings (SSSR count). The first-order valence-electron chi connectivity index (χ1n) is 7.54. The third-order valence-electron chi connectivity index (χ3n) is 5.72. The molecule has 0 aromatic rings. The summed E-state index contributed by atoms with van der Waals surface area (Å²) in [5.74, 6) is 0. The van der Waals surface area contributed by atoms with Crippen molar-refractivity contribution in [2.45, 2.75) is 83.0 Å². The van der Waals surface area contributed by atoms with Gasteiger partial charge in [-0.05, 0) is 51.0 Å². The number of fused-ring (bicyclic) bond motifs is 2. The maximum absolute atomic E-state index is 3.76. The third kappa shape index (κ3) is 2.15. The molecule has 1 saturated carbocycles. The van der Waals surface area contributed by atoms with Crippen molar-refractivity contribution in [1.29, 1.82) is 0 Å². The lowest BCUT2D eigenvalue weighted by molar-refractivity contribution is 0.0707. The van der Waals surface area contributed by atoms with Crippen molar-refractivity contribution < 1.29 is 0 Å². The Labute approximate surface area is 106 Å². The van der Waals surface area contributed by atoms with E-state index in [0.717, 1.165) is 24.2 Å². The van der Waals surface area contributed by atoms with Crippen molar-refractivity contribution in [3.05, 3.63) is 0 Å².